The van der Waals surface area contributed by atoms with Crippen molar-refractivity contribution in [2.75, 3.05) is 6.61 Å². The molecule has 5 nitrogen and oxygen atoms in total. The van der Waals surface area contributed by atoms with Crippen LogP contribution in [0.25, 0.3) is 5.65 Å². The Kier molecular flexibility index (Phi) is 5.02. The molecule has 0 aliphatic heterocycles. The fourth-order valence-corrected chi connectivity index (χ4v) is 2.12. The topological polar surface area (TPSA) is 66.6 Å². The van der Waals surface area contributed by atoms with E-state index in [0.29, 0.717) is 5.65 Å². The van der Waals surface area contributed by atoms with E-state index in [4.69, 9.17) is 0 Å². The molecule has 120 valence electrons. The molecule has 2 aromatic heterocycles. The summed E-state index contributed by atoms with van der Waals surface area (Å²) >= 11 is 0. The number of aliphatic hydroxyl groups is 1. The van der Waals surface area contributed by atoms with Gasteiger partial charge in [-0.3, -0.25) is 9.20 Å². The average molecular weight is 315 g/mol. The third-order valence-electron chi connectivity index (χ3n) is 3.22. The summed E-state index contributed by atoms with van der Waals surface area (Å²) in [6.45, 7) is -0.416. The minimum absolute atomic E-state index is 0.0541. The molecule has 0 saturated heterocycles. The summed E-state index contributed by atoms with van der Waals surface area (Å²) in [6.07, 6.45) is -2.22. The first-order chi connectivity index (χ1) is 10.4. The zero-order chi connectivity index (χ0) is 16.2. The van der Waals surface area contributed by atoms with Gasteiger partial charge in [-0.05, 0) is 25.0 Å². The molecule has 0 spiro atoms. The van der Waals surface area contributed by atoms with Gasteiger partial charge in [0.1, 0.15) is 11.3 Å². The van der Waals surface area contributed by atoms with Gasteiger partial charge in [-0.1, -0.05) is 6.07 Å². The number of alkyl halides is 3. The fourth-order valence-electron chi connectivity index (χ4n) is 2.12. The fraction of sp³-hybridized carbons (Fsp3) is 0.429. The summed E-state index contributed by atoms with van der Waals surface area (Å²) in [5.41, 5.74) is 0.857. The highest BCUT2D eigenvalue weighted by atomic mass is 19.4. The van der Waals surface area contributed by atoms with Crippen LogP contribution in [0.5, 0.6) is 0 Å². The van der Waals surface area contributed by atoms with E-state index in [9.17, 15) is 23.1 Å². The molecular weight excluding hydrogens is 299 g/mol. The van der Waals surface area contributed by atoms with E-state index in [2.05, 4.69) is 10.3 Å². The molecule has 2 rings (SSSR count). The number of rotatable bonds is 6. The maximum atomic E-state index is 12.1. The first-order valence-corrected chi connectivity index (χ1v) is 6.81. The standard InChI is InChI=1S/C14H16F3N3O2/c15-14(16,17)6-3-4-10(9-21)19-13(22)11-8-18-12-5-1-2-7-20(11)12/h1-2,5,7-8,10,21H,3-4,6,9H2,(H,19,22). The number of pyridine rings is 1. The minimum Gasteiger partial charge on any atom is -0.394 e. The maximum Gasteiger partial charge on any atom is 0.389 e. The Morgan fingerprint density at radius 2 is 2.18 bits per heavy atom. The number of hydrogen-bond acceptors (Lipinski definition) is 3. The van der Waals surface area contributed by atoms with Crippen molar-refractivity contribution in [3.63, 3.8) is 0 Å². The second kappa shape index (κ2) is 6.78. The van der Waals surface area contributed by atoms with Gasteiger partial charge in [-0.25, -0.2) is 4.98 Å². The lowest BCUT2D eigenvalue weighted by atomic mass is 10.1. The summed E-state index contributed by atoms with van der Waals surface area (Å²) < 4.78 is 37.9. The first kappa shape index (κ1) is 16.3. The van der Waals surface area contributed by atoms with Crippen LogP contribution in [0.3, 0.4) is 0 Å². The van der Waals surface area contributed by atoms with Gasteiger partial charge in [0.25, 0.3) is 5.91 Å². The number of halogens is 3. The second-order valence-corrected chi connectivity index (χ2v) is 4.93. The number of nitrogens with one attached hydrogen (secondary N) is 1. The Bertz CT molecular complexity index is 640. The van der Waals surface area contributed by atoms with Crippen molar-refractivity contribution in [2.45, 2.75) is 31.5 Å². The summed E-state index contributed by atoms with van der Waals surface area (Å²) in [5.74, 6) is -0.482. The zero-order valence-electron chi connectivity index (χ0n) is 11.7. The summed E-state index contributed by atoms with van der Waals surface area (Å²) in [5, 5.41) is 11.7. The van der Waals surface area contributed by atoms with Crippen LogP contribution in [0, 0.1) is 0 Å². The van der Waals surface area contributed by atoms with Gasteiger partial charge in [-0.15, -0.1) is 0 Å². The molecule has 2 heterocycles. The summed E-state index contributed by atoms with van der Waals surface area (Å²) in [4.78, 5) is 16.2. The van der Waals surface area contributed by atoms with Crippen LogP contribution in [0.1, 0.15) is 29.8 Å². The van der Waals surface area contributed by atoms with Crippen LogP contribution in [-0.4, -0.2) is 39.2 Å². The van der Waals surface area contributed by atoms with E-state index in [-0.39, 0.29) is 18.5 Å². The third kappa shape index (κ3) is 4.20. The van der Waals surface area contributed by atoms with Crippen molar-refractivity contribution in [1.82, 2.24) is 14.7 Å². The average Bonchev–Trinajstić information content (AvgIpc) is 2.88. The predicted molar refractivity (Wildman–Crippen MR) is 73.4 cm³/mol. The van der Waals surface area contributed by atoms with Crippen LogP contribution < -0.4 is 5.32 Å². The Morgan fingerprint density at radius 1 is 1.41 bits per heavy atom. The van der Waals surface area contributed by atoms with E-state index in [1.807, 2.05) is 0 Å². The largest absolute Gasteiger partial charge is 0.394 e. The van der Waals surface area contributed by atoms with Gasteiger partial charge in [0.15, 0.2) is 0 Å². The Balaban J connectivity index is 1.97. The molecule has 1 atom stereocenters. The highest BCUT2D eigenvalue weighted by Crippen LogP contribution is 2.22. The van der Waals surface area contributed by atoms with Crippen LogP contribution in [-0.2, 0) is 0 Å². The van der Waals surface area contributed by atoms with E-state index in [1.165, 1.54) is 6.20 Å². The molecule has 0 saturated carbocycles. The van der Waals surface area contributed by atoms with Crippen molar-refractivity contribution in [3.05, 3.63) is 36.3 Å². The molecule has 22 heavy (non-hydrogen) atoms. The lowest BCUT2D eigenvalue weighted by molar-refractivity contribution is -0.135. The molecule has 8 heteroatoms. The highest BCUT2D eigenvalue weighted by Gasteiger charge is 2.27. The normalized spacial score (nSPS) is 13.3. The van der Waals surface area contributed by atoms with Crippen molar-refractivity contribution in [1.29, 1.82) is 0 Å². The number of carbonyl (C=O) groups is 1. The number of aliphatic hydroxyl groups excluding tert-OH is 1. The van der Waals surface area contributed by atoms with E-state index in [1.54, 1.807) is 28.8 Å². The molecule has 0 aliphatic carbocycles. The number of fused-ring (bicyclic) bond motifs is 1. The lowest BCUT2D eigenvalue weighted by Crippen LogP contribution is -2.38. The molecule has 0 bridgehead atoms. The van der Waals surface area contributed by atoms with E-state index in [0.717, 1.165) is 0 Å². The van der Waals surface area contributed by atoms with Gasteiger partial charge < -0.3 is 10.4 Å². The highest BCUT2D eigenvalue weighted by molar-refractivity contribution is 5.93. The minimum atomic E-state index is -4.23. The van der Waals surface area contributed by atoms with E-state index < -0.39 is 31.2 Å². The molecule has 0 aliphatic rings. The number of carbonyl (C=O) groups excluding carboxylic acids is 1. The number of imidazole rings is 1. The third-order valence-corrected chi connectivity index (χ3v) is 3.22. The quantitative estimate of drug-likeness (QED) is 0.858. The molecule has 0 fully saturated rings. The van der Waals surface area contributed by atoms with Gasteiger partial charge in [-0.2, -0.15) is 13.2 Å². The predicted octanol–water partition coefficient (Wildman–Crippen LogP) is 2.16. The molecule has 1 amide bonds. The number of aromatic nitrogens is 2. The molecular formula is C14H16F3N3O2. The van der Waals surface area contributed by atoms with Crippen molar-refractivity contribution >= 4 is 11.6 Å². The Labute approximate surface area is 124 Å². The SMILES string of the molecule is O=C(NC(CO)CCCC(F)(F)F)c1cnc2ccccn12. The summed E-state index contributed by atoms with van der Waals surface area (Å²) in [7, 11) is 0. The molecule has 0 aromatic carbocycles. The summed E-state index contributed by atoms with van der Waals surface area (Å²) in [6, 6.07) is 4.52. The van der Waals surface area contributed by atoms with Crippen LogP contribution >= 0.6 is 0 Å². The second-order valence-electron chi connectivity index (χ2n) is 4.93. The molecule has 2 N–H and O–H groups in total. The molecule has 1 unspecified atom stereocenters. The van der Waals surface area contributed by atoms with Gasteiger partial charge >= 0.3 is 6.18 Å². The number of nitrogens with zero attached hydrogens (tertiary/aromatic N) is 2. The van der Waals surface area contributed by atoms with Crippen LogP contribution in [0.15, 0.2) is 30.6 Å². The Morgan fingerprint density at radius 3 is 2.86 bits per heavy atom. The number of amides is 1. The Hall–Kier alpha value is -2.09. The molecule has 2 aromatic rings. The van der Waals surface area contributed by atoms with E-state index >= 15 is 0 Å². The monoisotopic (exact) mass is 315 g/mol. The maximum absolute atomic E-state index is 12.1. The van der Waals surface area contributed by atoms with Crippen molar-refractivity contribution in [3.8, 4) is 0 Å². The number of hydrogen-bond donors (Lipinski definition) is 2. The van der Waals surface area contributed by atoms with Gasteiger partial charge in [0.2, 0.25) is 0 Å². The smallest absolute Gasteiger partial charge is 0.389 e. The van der Waals surface area contributed by atoms with Gasteiger partial charge in [0, 0.05) is 12.6 Å². The van der Waals surface area contributed by atoms with Crippen molar-refractivity contribution in [2.24, 2.45) is 0 Å². The van der Waals surface area contributed by atoms with Crippen molar-refractivity contribution < 1.29 is 23.1 Å². The van der Waals surface area contributed by atoms with Crippen LogP contribution in [0.4, 0.5) is 13.2 Å². The lowest BCUT2D eigenvalue weighted by Gasteiger charge is -2.16. The van der Waals surface area contributed by atoms with Gasteiger partial charge in [0.05, 0.1) is 18.8 Å². The zero-order valence-corrected chi connectivity index (χ0v) is 11.7. The van der Waals surface area contributed by atoms with Crippen LogP contribution in [0.2, 0.25) is 0 Å². The first-order valence-electron chi connectivity index (χ1n) is 6.81. The molecule has 0 radical (unpaired) electrons.